The first-order valence-electron chi connectivity index (χ1n) is 4.44. The van der Waals surface area contributed by atoms with Crippen LogP contribution in [0.2, 0.25) is 0 Å². The van der Waals surface area contributed by atoms with Gasteiger partial charge in [0.2, 0.25) is 0 Å². The predicted octanol–water partition coefficient (Wildman–Crippen LogP) is 2.93. The number of aromatic nitrogens is 1. The Morgan fingerprint density at radius 2 is 2.33 bits per heavy atom. The van der Waals surface area contributed by atoms with Gasteiger partial charge in [0, 0.05) is 0 Å². The molecule has 0 aliphatic carbocycles. The Labute approximate surface area is 101 Å². The number of amides is 1. The topological polar surface area (TPSA) is 51.2 Å². The number of ether oxygens (including phenoxy) is 1. The molecule has 6 heteroatoms. The average Bonchev–Trinajstić information content (AvgIpc) is 2.45. The first-order valence-corrected chi connectivity index (χ1v) is 6.05. The first-order chi connectivity index (χ1) is 6.87. The van der Waals surface area contributed by atoms with Crippen LogP contribution in [0.25, 0.3) is 0 Å². The summed E-state index contributed by atoms with van der Waals surface area (Å²) in [7, 11) is 0. The largest absolute Gasteiger partial charge is 0.444 e. The number of thiazole rings is 1. The molecule has 1 aromatic rings. The minimum absolute atomic E-state index is 0.394. The standard InChI is InChI=1S/C9H13BrN2O2S/c1-9(2,3)14-8(13)12-5-7-11-4-6(10)15-7/h4H,5H2,1-3H3,(H,12,13). The van der Waals surface area contributed by atoms with E-state index >= 15 is 0 Å². The molecular formula is C9H13BrN2O2S. The van der Waals surface area contributed by atoms with Gasteiger partial charge in [0.05, 0.1) is 16.5 Å². The number of hydrogen-bond acceptors (Lipinski definition) is 4. The van der Waals surface area contributed by atoms with E-state index in [1.165, 1.54) is 11.3 Å². The summed E-state index contributed by atoms with van der Waals surface area (Å²) in [6.07, 6.45) is 1.28. The quantitative estimate of drug-likeness (QED) is 0.912. The van der Waals surface area contributed by atoms with Crippen LogP contribution in [0, 0.1) is 0 Å². The van der Waals surface area contributed by atoms with Crippen molar-refractivity contribution in [2.45, 2.75) is 32.9 Å². The van der Waals surface area contributed by atoms with Gasteiger partial charge in [0.15, 0.2) is 0 Å². The van der Waals surface area contributed by atoms with Crippen molar-refractivity contribution in [3.05, 3.63) is 15.0 Å². The molecule has 1 rings (SSSR count). The van der Waals surface area contributed by atoms with E-state index in [1.54, 1.807) is 6.20 Å². The van der Waals surface area contributed by atoms with Gasteiger partial charge in [-0.05, 0) is 36.7 Å². The van der Waals surface area contributed by atoms with Gasteiger partial charge in [-0.3, -0.25) is 0 Å². The van der Waals surface area contributed by atoms with Crippen molar-refractivity contribution >= 4 is 33.4 Å². The molecule has 1 aromatic heterocycles. The number of halogens is 1. The molecule has 0 aliphatic heterocycles. The molecule has 0 radical (unpaired) electrons. The zero-order valence-electron chi connectivity index (χ0n) is 8.83. The highest BCUT2D eigenvalue weighted by Gasteiger charge is 2.15. The van der Waals surface area contributed by atoms with Crippen LogP contribution in [0.15, 0.2) is 9.98 Å². The summed E-state index contributed by atoms with van der Waals surface area (Å²) in [5, 5.41) is 3.48. The Hall–Kier alpha value is -0.620. The lowest BCUT2D eigenvalue weighted by Gasteiger charge is -2.19. The molecule has 0 unspecified atom stereocenters. The Kier molecular flexibility index (Phi) is 4.10. The summed E-state index contributed by atoms with van der Waals surface area (Å²) in [6, 6.07) is 0. The predicted molar refractivity (Wildman–Crippen MR) is 62.9 cm³/mol. The molecule has 1 heterocycles. The van der Waals surface area contributed by atoms with E-state index in [4.69, 9.17) is 4.74 Å². The molecule has 0 spiro atoms. The maximum atomic E-state index is 11.3. The zero-order chi connectivity index (χ0) is 11.5. The van der Waals surface area contributed by atoms with Crippen molar-refractivity contribution in [2.75, 3.05) is 0 Å². The number of nitrogens with zero attached hydrogens (tertiary/aromatic N) is 1. The Morgan fingerprint density at radius 1 is 1.67 bits per heavy atom. The highest BCUT2D eigenvalue weighted by molar-refractivity contribution is 9.11. The van der Waals surface area contributed by atoms with Gasteiger partial charge >= 0.3 is 6.09 Å². The molecule has 1 amide bonds. The number of carbonyl (C=O) groups excluding carboxylic acids is 1. The normalized spacial score (nSPS) is 11.2. The number of hydrogen-bond donors (Lipinski definition) is 1. The van der Waals surface area contributed by atoms with E-state index in [-0.39, 0.29) is 0 Å². The summed E-state index contributed by atoms with van der Waals surface area (Å²) in [5.41, 5.74) is -0.465. The van der Waals surface area contributed by atoms with E-state index in [2.05, 4.69) is 26.2 Å². The molecule has 0 saturated heterocycles. The fourth-order valence-electron chi connectivity index (χ4n) is 0.832. The molecule has 0 saturated carbocycles. The summed E-state index contributed by atoms with van der Waals surface area (Å²) in [4.78, 5) is 15.4. The van der Waals surface area contributed by atoms with Crippen LogP contribution in [-0.2, 0) is 11.3 Å². The van der Waals surface area contributed by atoms with E-state index in [0.29, 0.717) is 6.54 Å². The molecule has 0 atom stereocenters. The maximum absolute atomic E-state index is 11.3. The summed E-state index contributed by atoms with van der Waals surface area (Å²) in [6.45, 7) is 5.87. The second-order valence-corrected chi connectivity index (χ2v) is 6.41. The molecule has 0 bridgehead atoms. The van der Waals surface area contributed by atoms with Crippen LogP contribution >= 0.6 is 27.3 Å². The number of rotatable bonds is 2. The van der Waals surface area contributed by atoms with Crippen molar-refractivity contribution in [2.24, 2.45) is 0 Å². The minimum Gasteiger partial charge on any atom is -0.444 e. The third-order valence-electron chi connectivity index (χ3n) is 1.31. The van der Waals surface area contributed by atoms with Crippen molar-refractivity contribution in [3.8, 4) is 0 Å². The summed E-state index contributed by atoms with van der Waals surface area (Å²) < 4.78 is 6.03. The molecule has 15 heavy (non-hydrogen) atoms. The van der Waals surface area contributed by atoms with Crippen LogP contribution < -0.4 is 5.32 Å². The van der Waals surface area contributed by atoms with Crippen LogP contribution in [0.3, 0.4) is 0 Å². The van der Waals surface area contributed by atoms with E-state index in [1.807, 2.05) is 20.8 Å². The van der Waals surface area contributed by atoms with Gasteiger partial charge in [-0.1, -0.05) is 0 Å². The first kappa shape index (κ1) is 12.4. The van der Waals surface area contributed by atoms with E-state index in [0.717, 1.165) is 8.79 Å². The Balaban J connectivity index is 2.35. The van der Waals surface area contributed by atoms with Gasteiger partial charge in [-0.2, -0.15) is 0 Å². The fourth-order valence-corrected chi connectivity index (χ4v) is 2.07. The van der Waals surface area contributed by atoms with Gasteiger partial charge in [-0.25, -0.2) is 9.78 Å². The van der Waals surface area contributed by atoms with Gasteiger partial charge < -0.3 is 10.1 Å². The minimum atomic E-state index is -0.465. The smallest absolute Gasteiger partial charge is 0.408 e. The number of alkyl carbamates (subject to hydrolysis) is 1. The van der Waals surface area contributed by atoms with Crippen LogP contribution in [-0.4, -0.2) is 16.7 Å². The molecular weight excluding hydrogens is 280 g/mol. The van der Waals surface area contributed by atoms with E-state index in [9.17, 15) is 4.79 Å². The van der Waals surface area contributed by atoms with Gasteiger partial charge in [0.1, 0.15) is 10.6 Å². The lowest BCUT2D eigenvalue weighted by molar-refractivity contribution is 0.0523. The summed E-state index contributed by atoms with van der Waals surface area (Å²) in [5.74, 6) is 0. The molecule has 84 valence electrons. The molecule has 0 aromatic carbocycles. The van der Waals surface area contributed by atoms with Gasteiger partial charge in [0.25, 0.3) is 0 Å². The second kappa shape index (κ2) is 4.94. The van der Waals surface area contributed by atoms with Crippen LogP contribution in [0.1, 0.15) is 25.8 Å². The second-order valence-electron chi connectivity index (χ2n) is 3.91. The lowest BCUT2D eigenvalue weighted by Crippen LogP contribution is -2.32. The zero-order valence-corrected chi connectivity index (χ0v) is 11.2. The average molecular weight is 293 g/mol. The molecule has 4 nitrogen and oxygen atoms in total. The van der Waals surface area contributed by atoms with Crippen LogP contribution in [0.5, 0.6) is 0 Å². The number of nitrogens with one attached hydrogen (secondary N) is 1. The lowest BCUT2D eigenvalue weighted by atomic mass is 10.2. The highest BCUT2D eigenvalue weighted by Crippen LogP contribution is 2.18. The van der Waals surface area contributed by atoms with Crippen molar-refractivity contribution < 1.29 is 9.53 Å². The van der Waals surface area contributed by atoms with E-state index < -0.39 is 11.7 Å². The molecule has 0 fully saturated rings. The fraction of sp³-hybridized carbons (Fsp3) is 0.556. The maximum Gasteiger partial charge on any atom is 0.408 e. The molecule has 1 N–H and O–H groups in total. The monoisotopic (exact) mass is 292 g/mol. The van der Waals surface area contributed by atoms with Crippen molar-refractivity contribution in [3.63, 3.8) is 0 Å². The third kappa shape index (κ3) is 5.13. The van der Waals surface area contributed by atoms with Crippen molar-refractivity contribution in [1.29, 1.82) is 0 Å². The van der Waals surface area contributed by atoms with Crippen LogP contribution in [0.4, 0.5) is 4.79 Å². The Bertz CT molecular complexity index is 346. The Morgan fingerprint density at radius 3 is 2.80 bits per heavy atom. The highest BCUT2D eigenvalue weighted by atomic mass is 79.9. The van der Waals surface area contributed by atoms with Gasteiger partial charge in [-0.15, -0.1) is 11.3 Å². The third-order valence-corrected chi connectivity index (χ3v) is 2.78. The summed E-state index contributed by atoms with van der Waals surface area (Å²) >= 11 is 4.78. The van der Waals surface area contributed by atoms with Crippen molar-refractivity contribution in [1.82, 2.24) is 10.3 Å². The molecule has 0 aliphatic rings. The number of carbonyl (C=O) groups is 1. The SMILES string of the molecule is CC(C)(C)OC(=O)NCc1ncc(Br)s1.